The number of nitrogens with one attached hydrogen (secondary N) is 1. The van der Waals surface area contributed by atoms with E-state index in [-0.39, 0.29) is 24.6 Å². The lowest BCUT2D eigenvalue weighted by Crippen LogP contribution is -2.59. The smallest absolute Gasteiger partial charge is 0.405 e. The highest BCUT2D eigenvalue weighted by molar-refractivity contribution is 9.26. The molecule has 3 aliphatic carbocycles. The zero-order valence-electron chi connectivity index (χ0n) is 13.0. The van der Waals surface area contributed by atoms with Crippen molar-refractivity contribution >= 4 is 42.9 Å². The van der Waals surface area contributed by atoms with E-state index in [4.69, 9.17) is 9.31 Å². The molecule has 0 spiro atoms. The fourth-order valence-electron chi connectivity index (χ4n) is 3.88. The molecule has 1 aliphatic heterocycles. The topological polar surface area (TPSA) is 47.6 Å². The Morgan fingerprint density at radius 3 is 2.81 bits per heavy atom. The van der Waals surface area contributed by atoms with Crippen LogP contribution in [0, 0.1) is 17.3 Å². The van der Waals surface area contributed by atoms with Crippen LogP contribution in [0.15, 0.2) is 0 Å². The average molecular weight is 349 g/mol. The molecule has 0 aromatic carbocycles. The second kappa shape index (κ2) is 5.55. The molecule has 5 atom stereocenters. The van der Waals surface area contributed by atoms with Gasteiger partial charge in [-0.25, -0.2) is 0 Å². The van der Waals surface area contributed by atoms with Crippen molar-refractivity contribution in [1.29, 1.82) is 0 Å². The average Bonchev–Trinajstić information content (AvgIpc) is 2.86. The monoisotopic (exact) mass is 349 g/mol. The van der Waals surface area contributed by atoms with Crippen molar-refractivity contribution in [2.75, 3.05) is 19.0 Å². The van der Waals surface area contributed by atoms with Crippen molar-refractivity contribution in [1.82, 2.24) is 5.32 Å². The van der Waals surface area contributed by atoms with Gasteiger partial charge in [0.05, 0.1) is 18.7 Å². The van der Waals surface area contributed by atoms with Crippen molar-refractivity contribution in [3.63, 3.8) is 0 Å². The zero-order chi connectivity index (χ0) is 15.4. The first-order valence-corrected chi connectivity index (χ1v) is 12.2. The maximum absolute atomic E-state index is 12.1. The molecule has 0 aromatic rings. The highest BCUT2D eigenvalue weighted by Gasteiger charge is 2.61. The van der Waals surface area contributed by atoms with E-state index >= 15 is 0 Å². The second-order valence-corrected chi connectivity index (χ2v) is 15.2. The fraction of sp³-hybridized carbons (Fsp3) is 0.923. The van der Waals surface area contributed by atoms with Crippen LogP contribution in [0.2, 0.25) is 0 Å². The molecule has 8 heteroatoms. The molecule has 5 unspecified atom stereocenters. The summed E-state index contributed by atoms with van der Waals surface area (Å²) in [6.07, 6.45) is 7.01. The predicted octanol–water partition coefficient (Wildman–Crippen LogP) is 3.13. The summed E-state index contributed by atoms with van der Waals surface area (Å²) in [6.45, 7) is 4.68. The standard InChI is InChI=1S/C13H24BNO3S3/c1-13(2)8-5-9(13)11-10(6-8)17-14(18-11)7-15-12(16)21(4,19)20-3/h8-11,19H,5-7H2,1-4H3,(H,15,16). The minimum absolute atomic E-state index is 0.00923. The molecule has 4 fully saturated rings. The van der Waals surface area contributed by atoms with E-state index in [0.29, 0.717) is 17.8 Å². The Bertz CT molecular complexity index is 448. The Morgan fingerprint density at radius 2 is 2.19 bits per heavy atom. The van der Waals surface area contributed by atoms with Crippen LogP contribution in [0.1, 0.15) is 26.7 Å². The molecule has 120 valence electrons. The van der Waals surface area contributed by atoms with Gasteiger partial charge in [-0.15, -0.1) is 11.7 Å². The van der Waals surface area contributed by atoms with Gasteiger partial charge < -0.3 is 14.6 Å². The van der Waals surface area contributed by atoms with E-state index < -0.39 is 8.09 Å². The number of thiol groups is 1. The quantitative estimate of drug-likeness (QED) is 0.467. The summed E-state index contributed by atoms with van der Waals surface area (Å²) < 4.78 is 12.1. The summed E-state index contributed by atoms with van der Waals surface area (Å²) in [5, 5.41) is 2.92. The third kappa shape index (κ3) is 2.75. The Morgan fingerprint density at radius 1 is 1.48 bits per heavy atom. The molecule has 4 aliphatic rings. The third-order valence-electron chi connectivity index (χ3n) is 5.54. The highest BCUT2D eigenvalue weighted by atomic mass is 33.5. The molecule has 1 heterocycles. The Hall–Kier alpha value is 0.505. The summed E-state index contributed by atoms with van der Waals surface area (Å²) in [6, 6.07) is 0. The van der Waals surface area contributed by atoms with E-state index in [1.54, 1.807) is 0 Å². The number of amides is 1. The first-order valence-electron chi connectivity index (χ1n) is 7.41. The van der Waals surface area contributed by atoms with Crippen molar-refractivity contribution in [2.24, 2.45) is 17.3 Å². The lowest BCUT2D eigenvalue weighted by atomic mass is 9.47. The minimum Gasteiger partial charge on any atom is -0.405 e. The van der Waals surface area contributed by atoms with E-state index in [9.17, 15) is 4.79 Å². The van der Waals surface area contributed by atoms with Crippen molar-refractivity contribution in [3.8, 4) is 0 Å². The van der Waals surface area contributed by atoms with Crippen LogP contribution in [-0.4, -0.2) is 43.5 Å². The van der Waals surface area contributed by atoms with Gasteiger partial charge in [0.25, 0.3) is 5.24 Å². The van der Waals surface area contributed by atoms with Crippen LogP contribution in [0.5, 0.6) is 0 Å². The molecule has 1 saturated heterocycles. The van der Waals surface area contributed by atoms with Crippen LogP contribution < -0.4 is 5.32 Å². The number of hydrogen-bond acceptors (Lipinski definition) is 5. The first-order chi connectivity index (χ1) is 9.75. The maximum atomic E-state index is 12.1. The lowest BCUT2D eigenvalue weighted by molar-refractivity contribution is -0.150. The molecule has 2 bridgehead atoms. The molecule has 4 nitrogen and oxygen atoms in total. The molecule has 3 saturated carbocycles. The molecule has 0 radical (unpaired) electrons. The Kier molecular flexibility index (Phi) is 4.32. The van der Waals surface area contributed by atoms with Gasteiger partial charge in [-0.3, -0.25) is 4.79 Å². The largest absolute Gasteiger partial charge is 0.478 e. The molecule has 0 aromatic heterocycles. The van der Waals surface area contributed by atoms with Gasteiger partial charge in [-0.05, 0) is 42.6 Å². The van der Waals surface area contributed by atoms with Crippen LogP contribution >= 0.6 is 30.5 Å². The van der Waals surface area contributed by atoms with Crippen LogP contribution in [0.25, 0.3) is 0 Å². The fourth-order valence-corrected chi connectivity index (χ4v) is 5.20. The number of rotatable bonds is 3. The lowest BCUT2D eigenvalue weighted by Gasteiger charge is -2.60. The zero-order valence-corrected chi connectivity index (χ0v) is 15.5. The summed E-state index contributed by atoms with van der Waals surface area (Å²) in [4.78, 5) is 12.1. The van der Waals surface area contributed by atoms with E-state index in [1.165, 1.54) is 17.2 Å². The molecule has 21 heavy (non-hydrogen) atoms. The molecule has 4 rings (SSSR count). The van der Waals surface area contributed by atoms with E-state index in [1.807, 2.05) is 12.5 Å². The summed E-state index contributed by atoms with van der Waals surface area (Å²) in [5.74, 6) is 1.37. The maximum Gasteiger partial charge on any atom is 0.478 e. The van der Waals surface area contributed by atoms with Crippen molar-refractivity contribution in [3.05, 3.63) is 0 Å². The summed E-state index contributed by atoms with van der Waals surface area (Å²) in [5.41, 5.74) is 0.384. The van der Waals surface area contributed by atoms with Crippen LogP contribution in [-0.2, 0) is 9.31 Å². The number of carbonyl (C=O) groups excluding carboxylic acids is 1. The van der Waals surface area contributed by atoms with Gasteiger partial charge in [0, 0.05) is 0 Å². The van der Waals surface area contributed by atoms with Gasteiger partial charge in [-0.1, -0.05) is 32.7 Å². The van der Waals surface area contributed by atoms with Crippen molar-refractivity contribution in [2.45, 2.75) is 38.9 Å². The van der Waals surface area contributed by atoms with Gasteiger partial charge in [-0.2, -0.15) is 0 Å². The van der Waals surface area contributed by atoms with E-state index in [0.717, 1.165) is 12.3 Å². The SMILES string of the molecule is CSS(C)(S)C(=O)NCB1OC2CC3CC(C2O1)C3(C)C. The normalized spacial score (nSPS) is 40.7. The van der Waals surface area contributed by atoms with Gasteiger partial charge in [0.2, 0.25) is 0 Å². The Labute approximate surface area is 137 Å². The van der Waals surface area contributed by atoms with Gasteiger partial charge in [0.15, 0.2) is 0 Å². The van der Waals surface area contributed by atoms with Gasteiger partial charge >= 0.3 is 7.12 Å². The molecule has 1 N–H and O–H groups in total. The Balaban J connectivity index is 1.53. The third-order valence-corrected chi connectivity index (χ3v) is 11.3. The number of carbonyl (C=O) groups is 1. The minimum atomic E-state index is -1.59. The molecule has 1 amide bonds. The number of hydrogen-bond donors (Lipinski definition) is 2. The van der Waals surface area contributed by atoms with Crippen LogP contribution in [0.4, 0.5) is 4.79 Å². The second-order valence-electron chi connectivity index (χ2n) is 6.94. The summed E-state index contributed by atoms with van der Waals surface area (Å²) >= 11 is 4.44. The van der Waals surface area contributed by atoms with Crippen molar-refractivity contribution < 1.29 is 14.1 Å². The van der Waals surface area contributed by atoms with Gasteiger partial charge in [0.1, 0.15) is 0 Å². The summed E-state index contributed by atoms with van der Waals surface area (Å²) in [7, 11) is -0.390. The highest BCUT2D eigenvalue weighted by Crippen LogP contribution is 2.62. The van der Waals surface area contributed by atoms with Crippen LogP contribution in [0.3, 0.4) is 0 Å². The first kappa shape index (κ1) is 16.4. The van der Waals surface area contributed by atoms with E-state index in [2.05, 4.69) is 30.8 Å². The predicted molar refractivity (Wildman–Crippen MR) is 94.9 cm³/mol. The molecular formula is C13H24BNO3S3. The molecular weight excluding hydrogens is 325 g/mol.